The Labute approximate surface area is 129 Å². The number of halogens is 1. The molecule has 0 spiro atoms. The van der Waals surface area contributed by atoms with E-state index < -0.39 is 5.91 Å². The van der Waals surface area contributed by atoms with Crippen molar-refractivity contribution in [2.75, 3.05) is 14.1 Å². The molecule has 3 N–H and O–H groups in total. The molecular formula is C12H22ClN5O3. The van der Waals surface area contributed by atoms with Crippen molar-refractivity contribution in [3.05, 3.63) is 11.7 Å². The van der Waals surface area contributed by atoms with E-state index in [0.717, 1.165) is 6.42 Å². The summed E-state index contributed by atoms with van der Waals surface area (Å²) in [6.07, 6.45) is 0.889. The second kappa shape index (κ2) is 9.30. The van der Waals surface area contributed by atoms with Gasteiger partial charge in [-0.3, -0.25) is 9.59 Å². The van der Waals surface area contributed by atoms with Crippen LogP contribution in [0, 0.1) is 5.92 Å². The van der Waals surface area contributed by atoms with Crippen LogP contribution in [0.1, 0.15) is 36.8 Å². The van der Waals surface area contributed by atoms with E-state index in [0.29, 0.717) is 0 Å². The first kappa shape index (κ1) is 19.3. The van der Waals surface area contributed by atoms with Gasteiger partial charge in [-0.1, -0.05) is 25.4 Å². The summed E-state index contributed by atoms with van der Waals surface area (Å²) >= 11 is 0. The van der Waals surface area contributed by atoms with E-state index in [1.54, 1.807) is 7.05 Å². The quantitative estimate of drug-likeness (QED) is 0.657. The van der Waals surface area contributed by atoms with Crippen LogP contribution in [0.4, 0.5) is 0 Å². The molecule has 0 saturated carbocycles. The Bertz CT molecular complexity index is 466. The molecule has 2 amide bonds. The van der Waals surface area contributed by atoms with Crippen LogP contribution in [-0.4, -0.2) is 42.1 Å². The Balaban J connectivity index is 0.00000400. The largest absolute Gasteiger partial charge is 0.352 e. The number of nitrogens with one attached hydrogen (secondary N) is 3. The summed E-state index contributed by atoms with van der Waals surface area (Å²) in [4.78, 5) is 27.1. The van der Waals surface area contributed by atoms with E-state index in [2.05, 4.69) is 26.1 Å². The Morgan fingerprint density at radius 1 is 1.33 bits per heavy atom. The van der Waals surface area contributed by atoms with Gasteiger partial charge in [0.1, 0.15) is 0 Å². The third-order valence-electron chi connectivity index (χ3n) is 3.12. The normalized spacial score (nSPS) is 13.0. The van der Waals surface area contributed by atoms with E-state index in [1.165, 1.54) is 7.05 Å². The van der Waals surface area contributed by atoms with Crippen molar-refractivity contribution in [3.8, 4) is 0 Å². The van der Waals surface area contributed by atoms with Gasteiger partial charge in [-0.25, -0.2) is 0 Å². The predicted octanol–water partition coefficient (Wildman–Crippen LogP) is 0.101. The van der Waals surface area contributed by atoms with Crippen molar-refractivity contribution >= 4 is 24.2 Å². The van der Waals surface area contributed by atoms with Crippen molar-refractivity contribution in [1.29, 1.82) is 0 Å². The van der Waals surface area contributed by atoms with E-state index in [4.69, 9.17) is 4.52 Å². The molecule has 0 unspecified atom stereocenters. The minimum Gasteiger partial charge on any atom is -0.352 e. The summed E-state index contributed by atoms with van der Waals surface area (Å²) in [7, 11) is 3.22. The SMILES string of the molecule is CC[C@@H](C)[C@@H](NC)C(=O)NCc1nc(C(=O)NC)no1.Cl. The van der Waals surface area contributed by atoms with Crippen LogP contribution in [0.5, 0.6) is 0 Å². The molecule has 0 bridgehead atoms. The Kier molecular flexibility index (Phi) is 8.56. The number of aromatic nitrogens is 2. The molecule has 1 aromatic rings. The van der Waals surface area contributed by atoms with Crippen LogP contribution >= 0.6 is 12.4 Å². The molecule has 0 aromatic carbocycles. The second-order valence-corrected chi connectivity index (χ2v) is 4.46. The number of rotatable bonds is 7. The second-order valence-electron chi connectivity index (χ2n) is 4.46. The lowest BCUT2D eigenvalue weighted by Crippen LogP contribution is -2.46. The lowest BCUT2D eigenvalue weighted by atomic mass is 9.99. The topological polar surface area (TPSA) is 109 Å². The molecule has 120 valence electrons. The summed E-state index contributed by atoms with van der Waals surface area (Å²) in [6.45, 7) is 4.12. The van der Waals surface area contributed by atoms with Gasteiger partial charge < -0.3 is 20.5 Å². The molecule has 21 heavy (non-hydrogen) atoms. The molecule has 2 atom stereocenters. The number of hydrogen-bond donors (Lipinski definition) is 3. The molecule has 1 aromatic heterocycles. The minimum atomic E-state index is -0.431. The zero-order chi connectivity index (χ0) is 15.1. The van der Waals surface area contributed by atoms with Crippen LogP contribution in [0.15, 0.2) is 4.52 Å². The third-order valence-corrected chi connectivity index (χ3v) is 3.12. The highest BCUT2D eigenvalue weighted by Gasteiger charge is 2.22. The first-order valence-corrected chi connectivity index (χ1v) is 6.53. The fourth-order valence-corrected chi connectivity index (χ4v) is 1.71. The van der Waals surface area contributed by atoms with E-state index in [9.17, 15) is 9.59 Å². The number of nitrogens with zero attached hydrogens (tertiary/aromatic N) is 2. The summed E-state index contributed by atoms with van der Waals surface area (Å²) in [5.41, 5.74) is 0. The van der Waals surface area contributed by atoms with Crippen LogP contribution in [0.2, 0.25) is 0 Å². The number of carbonyl (C=O) groups excluding carboxylic acids is 2. The average Bonchev–Trinajstić information content (AvgIpc) is 2.93. The van der Waals surface area contributed by atoms with Crippen molar-refractivity contribution in [3.63, 3.8) is 0 Å². The van der Waals surface area contributed by atoms with Crippen LogP contribution in [0.3, 0.4) is 0 Å². The summed E-state index contributed by atoms with van der Waals surface area (Å²) in [5, 5.41) is 11.6. The van der Waals surface area contributed by atoms with Gasteiger partial charge in [0.15, 0.2) is 0 Å². The van der Waals surface area contributed by atoms with Crippen molar-refractivity contribution < 1.29 is 14.1 Å². The monoisotopic (exact) mass is 319 g/mol. The van der Waals surface area contributed by atoms with Gasteiger partial charge in [0.05, 0.1) is 12.6 Å². The molecule has 8 nitrogen and oxygen atoms in total. The molecule has 0 aliphatic heterocycles. The van der Waals surface area contributed by atoms with E-state index in [-0.39, 0.29) is 48.5 Å². The molecule has 0 saturated heterocycles. The highest BCUT2D eigenvalue weighted by molar-refractivity contribution is 5.89. The van der Waals surface area contributed by atoms with Gasteiger partial charge in [0.25, 0.3) is 11.7 Å². The van der Waals surface area contributed by atoms with Crippen LogP contribution < -0.4 is 16.0 Å². The lowest BCUT2D eigenvalue weighted by molar-refractivity contribution is -0.124. The molecular weight excluding hydrogens is 298 g/mol. The lowest BCUT2D eigenvalue weighted by Gasteiger charge is -2.20. The van der Waals surface area contributed by atoms with Gasteiger partial charge in [0.2, 0.25) is 11.8 Å². The highest BCUT2D eigenvalue weighted by Crippen LogP contribution is 2.07. The van der Waals surface area contributed by atoms with Crippen LogP contribution in [-0.2, 0) is 11.3 Å². The number of amides is 2. The van der Waals surface area contributed by atoms with Crippen molar-refractivity contribution in [2.45, 2.75) is 32.9 Å². The summed E-state index contributed by atoms with van der Waals surface area (Å²) in [6, 6.07) is -0.277. The first-order chi connectivity index (χ1) is 9.53. The fourth-order valence-electron chi connectivity index (χ4n) is 1.71. The minimum absolute atomic E-state index is 0. The first-order valence-electron chi connectivity index (χ1n) is 6.53. The summed E-state index contributed by atoms with van der Waals surface area (Å²) in [5.74, 6) is -0.218. The van der Waals surface area contributed by atoms with Gasteiger partial charge >= 0.3 is 0 Å². The standard InChI is InChI=1S/C12H21N5O3.ClH/c1-5-7(2)9(13-3)11(18)15-6-8-16-10(17-20-8)12(19)14-4;/h7,9,13H,5-6H2,1-4H3,(H,14,19)(H,15,18);1H/t7-,9-;/m1./s1. The van der Waals surface area contributed by atoms with Gasteiger partial charge in [-0.15, -0.1) is 12.4 Å². The fraction of sp³-hybridized carbons (Fsp3) is 0.667. The molecule has 0 radical (unpaired) electrons. The van der Waals surface area contributed by atoms with Gasteiger partial charge in [-0.05, 0) is 13.0 Å². The Morgan fingerprint density at radius 2 is 2.00 bits per heavy atom. The van der Waals surface area contributed by atoms with Crippen LogP contribution in [0.25, 0.3) is 0 Å². The van der Waals surface area contributed by atoms with Crippen molar-refractivity contribution in [2.24, 2.45) is 5.92 Å². The zero-order valence-corrected chi connectivity index (χ0v) is 13.4. The maximum atomic E-state index is 12.0. The molecule has 1 heterocycles. The van der Waals surface area contributed by atoms with Gasteiger partial charge in [-0.2, -0.15) is 4.98 Å². The van der Waals surface area contributed by atoms with E-state index >= 15 is 0 Å². The maximum Gasteiger partial charge on any atom is 0.292 e. The van der Waals surface area contributed by atoms with E-state index in [1.807, 2.05) is 13.8 Å². The molecule has 0 fully saturated rings. The maximum absolute atomic E-state index is 12.0. The Hall–Kier alpha value is -1.67. The van der Waals surface area contributed by atoms with Gasteiger partial charge in [0, 0.05) is 7.05 Å². The number of hydrogen-bond acceptors (Lipinski definition) is 6. The average molecular weight is 320 g/mol. The molecule has 0 aliphatic carbocycles. The summed E-state index contributed by atoms with van der Waals surface area (Å²) < 4.78 is 4.88. The number of carbonyl (C=O) groups is 2. The predicted molar refractivity (Wildman–Crippen MR) is 79.1 cm³/mol. The molecule has 9 heteroatoms. The number of likely N-dealkylation sites (N-methyl/N-ethyl adjacent to an activating group) is 1. The molecule has 1 rings (SSSR count). The Morgan fingerprint density at radius 3 is 2.52 bits per heavy atom. The zero-order valence-electron chi connectivity index (χ0n) is 12.6. The van der Waals surface area contributed by atoms with Crippen molar-refractivity contribution in [1.82, 2.24) is 26.1 Å². The molecule has 0 aliphatic rings. The highest BCUT2D eigenvalue weighted by atomic mass is 35.5. The smallest absolute Gasteiger partial charge is 0.292 e. The third kappa shape index (κ3) is 5.31.